The molecular weight excluding hydrogens is 328 g/mol. The van der Waals surface area contributed by atoms with Gasteiger partial charge in [0.05, 0.1) is 0 Å². The molecule has 0 radical (unpaired) electrons. The summed E-state index contributed by atoms with van der Waals surface area (Å²) in [6.07, 6.45) is 1.51. The summed E-state index contributed by atoms with van der Waals surface area (Å²) in [6, 6.07) is 13.3. The fourth-order valence-corrected chi connectivity index (χ4v) is 3.10. The minimum Gasteiger partial charge on any atom is -0.484 e. The Labute approximate surface area is 154 Å². The molecule has 1 heterocycles. The lowest BCUT2D eigenvalue weighted by Crippen LogP contribution is -2.31. The molecule has 0 unspecified atom stereocenters. The van der Waals surface area contributed by atoms with E-state index in [0.29, 0.717) is 12.2 Å². The van der Waals surface area contributed by atoms with Crippen molar-refractivity contribution in [1.29, 1.82) is 0 Å². The van der Waals surface area contributed by atoms with Gasteiger partial charge in [0.1, 0.15) is 5.75 Å². The number of ether oxygens (including phenoxy) is 1. The van der Waals surface area contributed by atoms with Gasteiger partial charge in [-0.1, -0.05) is 12.1 Å². The molecule has 0 atom stereocenters. The molecule has 2 aromatic rings. The zero-order valence-electron chi connectivity index (χ0n) is 15.5. The molecule has 1 aliphatic heterocycles. The van der Waals surface area contributed by atoms with Crippen LogP contribution in [0.2, 0.25) is 0 Å². The van der Waals surface area contributed by atoms with E-state index in [-0.39, 0.29) is 18.4 Å². The van der Waals surface area contributed by atoms with E-state index in [1.54, 1.807) is 29.0 Å². The van der Waals surface area contributed by atoms with Gasteiger partial charge in [0, 0.05) is 31.4 Å². The maximum absolute atomic E-state index is 12.4. The SMILES string of the molecule is Cc1ccc(C)c(N(C)C(=O)COc2ccc(N3CCCC3=O)cc2)c1. The number of nitrogens with zero attached hydrogens (tertiary/aromatic N) is 2. The predicted octanol–water partition coefficient (Wildman–Crippen LogP) is 3.47. The molecule has 0 spiro atoms. The molecule has 0 saturated carbocycles. The number of carbonyl (C=O) groups excluding carboxylic acids is 2. The van der Waals surface area contributed by atoms with E-state index in [4.69, 9.17) is 4.74 Å². The maximum Gasteiger partial charge on any atom is 0.264 e. The lowest BCUT2D eigenvalue weighted by atomic mass is 10.1. The van der Waals surface area contributed by atoms with Gasteiger partial charge in [-0.25, -0.2) is 0 Å². The minimum atomic E-state index is -0.113. The van der Waals surface area contributed by atoms with Gasteiger partial charge < -0.3 is 14.5 Å². The largest absolute Gasteiger partial charge is 0.484 e. The first-order valence-electron chi connectivity index (χ1n) is 8.83. The van der Waals surface area contributed by atoms with Crippen molar-refractivity contribution in [1.82, 2.24) is 0 Å². The molecule has 5 nitrogen and oxygen atoms in total. The molecule has 0 bridgehead atoms. The van der Waals surface area contributed by atoms with E-state index >= 15 is 0 Å². The molecule has 5 heteroatoms. The molecule has 1 fully saturated rings. The molecule has 26 heavy (non-hydrogen) atoms. The standard InChI is InChI=1S/C21H24N2O3/c1-15-6-7-16(2)19(13-15)22(3)21(25)14-26-18-10-8-17(9-11-18)23-12-4-5-20(23)24/h6-11,13H,4-5,12,14H2,1-3H3. The van der Waals surface area contributed by atoms with Crippen LogP contribution in [0.15, 0.2) is 42.5 Å². The lowest BCUT2D eigenvalue weighted by molar-refractivity contribution is -0.120. The van der Waals surface area contributed by atoms with Gasteiger partial charge in [-0.2, -0.15) is 0 Å². The third-order valence-corrected chi connectivity index (χ3v) is 4.68. The Hall–Kier alpha value is -2.82. The molecule has 1 aliphatic rings. The lowest BCUT2D eigenvalue weighted by Gasteiger charge is -2.20. The number of hydrogen-bond donors (Lipinski definition) is 0. The topological polar surface area (TPSA) is 49.9 Å². The quantitative estimate of drug-likeness (QED) is 0.828. The van der Waals surface area contributed by atoms with E-state index in [1.807, 2.05) is 44.2 Å². The van der Waals surface area contributed by atoms with Crippen LogP contribution >= 0.6 is 0 Å². The monoisotopic (exact) mass is 352 g/mol. The molecule has 0 aliphatic carbocycles. The van der Waals surface area contributed by atoms with Gasteiger partial charge in [-0.15, -0.1) is 0 Å². The first-order chi connectivity index (χ1) is 12.5. The fraction of sp³-hybridized carbons (Fsp3) is 0.333. The Morgan fingerprint density at radius 3 is 2.54 bits per heavy atom. The van der Waals surface area contributed by atoms with Crippen LogP contribution in [0, 0.1) is 13.8 Å². The van der Waals surface area contributed by atoms with Crippen molar-refractivity contribution in [2.45, 2.75) is 26.7 Å². The van der Waals surface area contributed by atoms with Crippen LogP contribution in [0.5, 0.6) is 5.75 Å². The van der Waals surface area contributed by atoms with Crippen LogP contribution in [0.4, 0.5) is 11.4 Å². The van der Waals surface area contributed by atoms with Crippen molar-refractivity contribution in [2.75, 3.05) is 30.0 Å². The van der Waals surface area contributed by atoms with Crippen LogP contribution in [0.1, 0.15) is 24.0 Å². The third-order valence-electron chi connectivity index (χ3n) is 4.68. The van der Waals surface area contributed by atoms with E-state index in [9.17, 15) is 9.59 Å². The highest BCUT2D eigenvalue weighted by Crippen LogP contribution is 2.24. The molecule has 0 aromatic heterocycles. The highest BCUT2D eigenvalue weighted by molar-refractivity contribution is 5.95. The zero-order chi connectivity index (χ0) is 18.7. The molecular formula is C21H24N2O3. The van der Waals surface area contributed by atoms with Crippen molar-refractivity contribution in [2.24, 2.45) is 0 Å². The van der Waals surface area contributed by atoms with Crippen molar-refractivity contribution in [3.8, 4) is 5.75 Å². The van der Waals surface area contributed by atoms with Crippen molar-refractivity contribution in [3.05, 3.63) is 53.6 Å². The van der Waals surface area contributed by atoms with E-state index in [2.05, 4.69) is 0 Å². The van der Waals surface area contributed by atoms with E-state index < -0.39 is 0 Å². The number of carbonyl (C=O) groups is 2. The number of hydrogen-bond acceptors (Lipinski definition) is 3. The normalized spacial score (nSPS) is 13.8. The molecule has 1 saturated heterocycles. The van der Waals surface area contributed by atoms with Crippen LogP contribution in [0.25, 0.3) is 0 Å². The fourth-order valence-electron chi connectivity index (χ4n) is 3.10. The Morgan fingerprint density at radius 2 is 1.88 bits per heavy atom. The van der Waals surface area contributed by atoms with Gasteiger partial charge >= 0.3 is 0 Å². The first-order valence-corrected chi connectivity index (χ1v) is 8.83. The van der Waals surface area contributed by atoms with Crippen LogP contribution < -0.4 is 14.5 Å². The van der Waals surface area contributed by atoms with Crippen LogP contribution in [0.3, 0.4) is 0 Å². The van der Waals surface area contributed by atoms with Crippen LogP contribution in [-0.2, 0) is 9.59 Å². The van der Waals surface area contributed by atoms with E-state index in [1.165, 1.54) is 0 Å². The van der Waals surface area contributed by atoms with Gasteiger partial charge in [-0.05, 0) is 61.7 Å². The maximum atomic E-state index is 12.4. The smallest absolute Gasteiger partial charge is 0.264 e. The Kier molecular flexibility index (Phi) is 5.26. The average Bonchev–Trinajstić information content (AvgIpc) is 3.07. The summed E-state index contributed by atoms with van der Waals surface area (Å²) in [5, 5.41) is 0. The summed E-state index contributed by atoms with van der Waals surface area (Å²) in [6.45, 7) is 4.71. The average molecular weight is 352 g/mol. The van der Waals surface area contributed by atoms with Crippen molar-refractivity contribution >= 4 is 23.2 Å². The first kappa shape index (κ1) is 18.0. The predicted molar refractivity (Wildman–Crippen MR) is 103 cm³/mol. The van der Waals surface area contributed by atoms with Gasteiger partial charge in [-0.3, -0.25) is 9.59 Å². The van der Waals surface area contributed by atoms with Crippen molar-refractivity contribution in [3.63, 3.8) is 0 Å². The third kappa shape index (κ3) is 3.87. The number of aryl methyl sites for hydroxylation is 2. The molecule has 3 rings (SSSR count). The number of amides is 2. The Morgan fingerprint density at radius 1 is 1.15 bits per heavy atom. The summed E-state index contributed by atoms with van der Waals surface area (Å²) in [5.41, 5.74) is 3.92. The summed E-state index contributed by atoms with van der Waals surface area (Å²) >= 11 is 0. The summed E-state index contributed by atoms with van der Waals surface area (Å²) in [7, 11) is 1.76. The minimum absolute atomic E-state index is 0.0358. The zero-order valence-corrected chi connectivity index (χ0v) is 15.5. The number of rotatable bonds is 5. The highest BCUT2D eigenvalue weighted by atomic mass is 16.5. The number of anilines is 2. The van der Waals surface area contributed by atoms with Gasteiger partial charge in [0.2, 0.25) is 5.91 Å². The second kappa shape index (κ2) is 7.60. The van der Waals surface area contributed by atoms with Crippen LogP contribution in [-0.4, -0.2) is 32.0 Å². The van der Waals surface area contributed by atoms with E-state index in [0.717, 1.165) is 35.5 Å². The molecule has 2 amide bonds. The summed E-state index contributed by atoms with van der Waals surface area (Å²) in [4.78, 5) is 27.6. The van der Waals surface area contributed by atoms with Crippen molar-refractivity contribution < 1.29 is 14.3 Å². The number of likely N-dealkylation sites (N-methyl/N-ethyl adjacent to an activating group) is 1. The summed E-state index contributed by atoms with van der Waals surface area (Å²) < 4.78 is 5.63. The highest BCUT2D eigenvalue weighted by Gasteiger charge is 2.21. The Balaban J connectivity index is 1.60. The molecule has 2 aromatic carbocycles. The molecule has 0 N–H and O–H groups in total. The van der Waals surface area contributed by atoms with Gasteiger partial charge in [0.15, 0.2) is 6.61 Å². The Bertz CT molecular complexity index is 815. The second-order valence-corrected chi connectivity index (χ2v) is 6.67. The molecule has 136 valence electrons. The van der Waals surface area contributed by atoms with Gasteiger partial charge in [0.25, 0.3) is 5.91 Å². The summed E-state index contributed by atoms with van der Waals surface area (Å²) in [5.74, 6) is 0.657. The number of benzene rings is 2. The second-order valence-electron chi connectivity index (χ2n) is 6.67.